The molecule has 0 atom stereocenters. The molecule has 0 aliphatic rings. The molecule has 0 aliphatic carbocycles. The molecule has 0 rings (SSSR count). The summed E-state index contributed by atoms with van der Waals surface area (Å²) in [4.78, 5) is 18.0. The number of hydrogen-bond acceptors (Lipinski definition) is 2. The molecule has 0 saturated heterocycles. The molecule has 0 fully saturated rings. The smallest absolute Gasteiger partial charge is 0.300 e. The Morgan fingerprint density at radius 3 is 1.00 bits per heavy atom. The standard InChI is InChI=1S/2C2H4O2.Mn.Ni/c2*1-2(3)4;;/h2*1H3,(H,3,4);;. The Morgan fingerprint density at radius 1 is 1.00 bits per heavy atom. The minimum atomic E-state index is -0.833. The van der Waals surface area contributed by atoms with Crippen molar-refractivity contribution in [1.29, 1.82) is 0 Å². The molecule has 65 valence electrons. The molecule has 0 aromatic rings. The largest absolute Gasteiger partial charge is 0.481 e. The van der Waals surface area contributed by atoms with Crippen molar-refractivity contribution >= 4 is 11.9 Å². The third-order valence-electron chi connectivity index (χ3n) is 0. The molecule has 4 nitrogen and oxygen atoms in total. The van der Waals surface area contributed by atoms with Gasteiger partial charge in [0.1, 0.15) is 0 Å². The normalized spacial score (nSPS) is 5.00. The topological polar surface area (TPSA) is 74.6 Å². The second-order valence-corrected chi connectivity index (χ2v) is 1.04. The molecular weight excluding hydrogens is 226 g/mol. The van der Waals surface area contributed by atoms with Crippen LogP contribution in [0.4, 0.5) is 0 Å². The van der Waals surface area contributed by atoms with E-state index in [2.05, 4.69) is 0 Å². The van der Waals surface area contributed by atoms with E-state index >= 15 is 0 Å². The van der Waals surface area contributed by atoms with Gasteiger partial charge in [-0.05, 0) is 0 Å². The Balaban J connectivity index is -0.0000000300. The molecule has 2 N–H and O–H groups in total. The third-order valence-corrected chi connectivity index (χ3v) is 0. The second kappa shape index (κ2) is 16.0. The zero-order valence-electron chi connectivity index (χ0n) is 5.41. The van der Waals surface area contributed by atoms with Crippen LogP contribution < -0.4 is 0 Å². The number of carboxylic acids is 2. The van der Waals surface area contributed by atoms with E-state index < -0.39 is 11.9 Å². The average molecular weight is 234 g/mol. The molecule has 0 saturated carbocycles. The quantitative estimate of drug-likeness (QED) is 0.586. The van der Waals surface area contributed by atoms with Crippen LogP contribution in [-0.2, 0) is 43.1 Å². The van der Waals surface area contributed by atoms with E-state index in [1.807, 2.05) is 0 Å². The molecule has 0 aromatic heterocycles. The number of carboxylic acid groups (broad SMARTS) is 2. The van der Waals surface area contributed by atoms with E-state index in [-0.39, 0.29) is 33.6 Å². The first-order valence-electron chi connectivity index (χ1n) is 1.86. The van der Waals surface area contributed by atoms with E-state index in [9.17, 15) is 0 Å². The van der Waals surface area contributed by atoms with E-state index in [1.54, 1.807) is 0 Å². The van der Waals surface area contributed by atoms with Gasteiger partial charge in [0.15, 0.2) is 0 Å². The molecule has 0 unspecified atom stereocenters. The first-order valence-corrected chi connectivity index (χ1v) is 1.86. The summed E-state index contributed by atoms with van der Waals surface area (Å²) in [5, 5.41) is 14.8. The van der Waals surface area contributed by atoms with E-state index in [0.29, 0.717) is 0 Å². The Bertz CT molecular complexity index is 75.3. The van der Waals surface area contributed by atoms with Gasteiger partial charge in [-0.2, -0.15) is 0 Å². The Morgan fingerprint density at radius 2 is 1.00 bits per heavy atom. The van der Waals surface area contributed by atoms with Gasteiger partial charge in [0.05, 0.1) is 0 Å². The van der Waals surface area contributed by atoms with Gasteiger partial charge in [0, 0.05) is 47.4 Å². The summed E-state index contributed by atoms with van der Waals surface area (Å²) in [6.45, 7) is 2.17. The van der Waals surface area contributed by atoms with E-state index in [1.165, 1.54) is 0 Å². The Hall–Kier alpha value is -0.0470. The first kappa shape index (κ1) is 22.5. The third kappa shape index (κ3) is 174000. The summed E-state index contributed by atoms with van der Waals surface area (Å²) in [7, 11) is 0. The zero-order valence-corrected chi connectivity index (χ0v) is 7.57. The SMILES string of the molecule is CC(=O)O.CC(=O)O.[Mn].[Ni]. The van der Waals surface area contributed by atoms with Crippen molar-refractivity contribution in [2.24, 2.45) is 0 Å². The van der Waals surface area contributed by atoms with Gasteiger partial charge in [0.25, 0.3) is 11.9 Å². The van der Waals surface area contributed by atoms with Crippen LogP contribution in [-0.4, -0.2) is 22.2 Å². The van der Waals surface area contributed by atoms with Gasteiger partial charge in [-0.3, -0.25) is 9.59 Å². The van der Waals surface area contributed by atoms with Crippen LogP contribution in [0.15, 0.2) is 0 Å². The van der Waals surface area contributed by atoms with Crippen LogP contribution in [0.25, 0.3) is 0 Å². The first-order chi connectivity index (χ1) is 3.46. The fourth-order valence-corrected chi connectivity index (χ4v) is 0. The number of hydrogen-bond donors (Lipinski definition) is 2. The molecule has 0 bridgehead atoms. The molecule has 0 heterocycles. The molecule has 0 spiro atoms. The maximum Gasteiger partial charge on any atom is 0.300 e. The maximum absolute atomic E-state index is 9.00. The molecular formula is C4H8MnNiO4. The fraction of sp³-hybridized carbons (Fsp3) is 0.500. The van der Waals surface area contributed by atoms with Gasteiger partial charge < -0.3 is 10.2 Å². The van der Waals surface area contributed by atoms with Crippen molar-refractivity contribution in [3.8, 4) is 0 Å². The molecule has 10 heavy (non-hydrogen) atoms. The fourth-order valence-electron chi connectivity index (χ4n) is 0. The molecule has 6 heteroatoms. The summed E-state index contributed by atoms with van der Waals surface area (Å²) in [5.74, 6) is -1.67. The van der Waals surface area contributed by atoms with Crippen molar-refractivity contribution in [3.05, 3.63) is 0 Å². The van der Waals surface area contributed by atoms with E-state index in [4.69, 9.17) is 19.8 Å². The molecule has 0 aliphatic heterocycles. The summed E-state index contributed by atoms with van der Waals surface area (Å²) in [6, 6.07) is 0. The van der Waals surface area contributed by atoms with Gasteiger partial charge in [-0.15, -0.1) is 0 Å². The average Bonchev–Trinajstić information content (AvgIpc) is 1.25. The van der Waals surface area contributed by atoms with Crippen molar-refractivity contribution < 1.29 is 53.4 Å². The summed E-state index contributed by atoms with van der Waals surface area (Å²) < 4.78 is 0. The predicted molar refractivity (Wildman–Crippen MR) is 26.6 cm³/mol. The zero-order chi connectivity index (χ0) is 7.15. The van der Waals surface area contributed by atoms with Crippen LogP contribution in [0.1, 0.15) is 13.8 Å². The summed E-state index contributed by atoms with van der Waals surface area (Å²) >= 11 is 0. The Labute approximate surface area is 79.4 Å². The monoisotopic (exact) mass is 233 g/mol. The minimum Gasteiger partial charge on any atom is -0.481 e. The van der Waals surface area contributed by atoms with Gasteiger partial charge in [0.2, 0.25) is 0 Å². The number of rotatable bonds is 0. The Kier molecular flexibility index (Phi) is 36.0. The summed E-state index contributed by atoms with van der Waals surface area (Å²) in [5.41, 5.74) is 0. The van der Waals surface area contributed by atoms with Crippen molar-refractivity contribution in [1.82, 2.24) is 0 Å². The predicted octanol–water partition coefficient (Wildman–Crippen LogP) is 0.177. The molecule has 0 amide bonds. The van der Waals surface area contributed by atoms with E-state index in [0.717, 1.165) is 13.8 Å². The van der Waals surface area contributed by atoms with Crippen LogP contribution >= 0.6 is 0 Å². The number of carbonyl (C=O) groups is 2. The number of aliphatic carboxylic acids is 2. The van der Waals surface area contributed by atoms with Crippen LogP contribution in [0.5, 0.6) is 0 Å². The van der Waals surface area contributed by atoms with Crippen molar-refractivity contribution in [2.75, 3.05) is 0 Å². The molecule has 1 radical (unpaired) electrons. The van der Waals surface area contributed by atoms with Crippen LogP contribution in [0.3, 0.4) is 0 Å². The van der Waals surface area contributed by atoms with Gasteiger partial charge in [-0.1, -0.05) is 0 Å². The van der Waals surface area contributed by atoms with Crippen LogP contribution in [0.2, 0.25) is 0 Å². The van der Waals surface area contributed by atoms with Crippen molar-refractivity contribution in [3.63, 3.8) is 0 Å². The molecule has 0 aromatic carbocycles. The van der Waals surface area contributed by atoms with Gasteiger partial charge in [-0.25, -0.2) is 0 Å². The maximum atomic E-state index is 9.00. The van der Waals surface area contributed by atoms with Crippen LogP contribution in [0, 0.1) is 0 Å². The summed E-state index contributed by atoms with van der Waals surface area (Å²) in [6.07, 6.45) is 0. The second-order valence-electron chi connectivity index (χ2n) is 1.04. The van der Waals surface area contributed by atoms with Gasteiger partial charge >= 0.3 is 0 Å². The van der Waals surface area contributed by atoms with Crippen molar-refractivity contribution in [2.45, 2.75) is 13.8 Å². The minimum absolute atomic E-state index is 0.